The Kier molecular flexibility index (Phi) is 2.05. The third-order valence-corrected chi connectivity index (χ3v) is 2.36. The predicted octanol–water partition coefficient (Wildman–Crippen LogP) is 2.08. The van der Waals surface area contributed by atoms with Crippen molar-refractivity contribution in [3.63, 3.8) is 0 Å². The van der Waals surface area contributed by atoms with Crippen molar-refractivity contribution >= 4 is 5.69 Å². The molecule has 1 aromatic rings. The SMILES string of the molecule is Cc1ccc2c(c1)OC(C#N)C(C)N2. The highest BCUT2D eigenvalue weighted by Gasteiger charge is 2.25. The van der Waals surface area contributed by atoms with E-state index in [0.717, 1.165) is 17.0 Å². The molecule has 0 spiro atoms. The number of rotatable bonds is 0. The number of hydrogen-bond acceptors (Lipinski definition) is 3. The van der Waals surface area contributed by atoms with Crippen molar-refractivity contribution in [2.75, 3.05) is 5.32 Å². The normalized spacial score (nSPS) is 24.1. The Morgan fingerprint density at radius 2 is 2.29 bits per heavy atom. The number of nitriles is 1. The molecule has 72 valence electrons. The number of aryl methyl sites for hydroxylation is 1. The molecule has 0 saturated carbocycles. The third-order valence-electron chi connectivity index (χ3n) is 2.36. The van der Waals surface area contributed by atoms with E-state index in [1.165, 1.54) is 0 Å². The maximum Gasteiger partial charge on any atom is 0.204 e. The van der Waals surface area contributed by atoms with E-state index in [0.29, 0.717) is 0 Å². The van der Waals surface area contributed by atoms with E-state index in [1.54, 1.807) is 0 Å². The van der Waals surface area contributed by atoms with Crippen molar-refractivity contribution in [1.82, 2.24) is 0 Å². The monoisotopic (exact) mass is 188 g/mol. The zero-order valence-corrected chi connectivity index (χ0v) is 8.24. The lowest BCUT2D eigenvalue weighted by molar-refractivity contribution is 0.227. The molecule has 0 saturated heterocycles. The summed E-state index contributed by atoms with van der Waals surface area (Å²) in [5.74, 6) is 0.773. The van der Waals surface area contributed by atoms with Crippen LogP contribution in [0, 0.1) is 18.3 Å². The third kappa shape index (κ3) is 1.39. The highest BCUT2D eigenvalue weighted by Crippen LogP contribution is 2.31. The van der Waals surface area contributed by atoms with Crippen molar-refractivity contribution < 1.29 is 4.74 Å². The molecule has 2 atom stereocenters. The van der Waals surface area contributed by atoms with E-state index in [2.05, 4.69) is 11.4 Å². The molecule has 0 fully saturated rings. The lowest BCUT2D eigenvalue weighted by atomic mass is 10.1. The van der Waals surface area contributed by atoms with Crippen LogP contribution in [0.15, 0.2) is 18.2 Å². The molecule has 14 heavy (non-hydrogen) atoms. The average molecular weight is 188 g/mol. The van der Waals surface area contributed by atoms with Crippen LogP contribution in [-0.2, 0) is 0 Å². The number of fused-ring (bicyclic) bond motifs is 1. The molecule has 1 aliphatic heterocycles. The van der Waals surface area contributed by atoms with E-state index in [1.807, 2.05) is 32.0 Å². The first-order valence-corrected chi connectivity index (χ1v) is 4.64. The fourth-order valence-corrected chi connectivity index (χ4v) is 1.54. The van der Waals surface area contributed by atoms with E-state index < -0.39 is 6.10 Å². The largest absolute Gasteiger partial charge is 0.471 e. The number of hydrogen-bond donors (Lipinski definition) is 1. The van der Waals surface area contributed by atoms with Gasteiger partial charge in [-0.1, -0.05) is 6.07 Å². The predicted molar refractivity (Wildman–Crippen MR) is 54.3 cm³/mol. The van der Waals surface area contributed by atoms with Crippen LogP contribution in [-0.4, -0.2) is 12.1 Å². The van der Waals surface area contributed by atoms with Crippen LogP contribution in [0.3, 0.4) is 0 Å². The summed E-state index contributed by atoms with van der Waals surface area (Å²) in [6.45, 7) is 3.94. The van der Waals surface area contributed by atoms with Crippen LogP contribution in [0.4, 0.5) is 5.69 Å². The second-order valence-corrected chi connectivity index (χ2v) is 3.60. The fourth-order valence-electron chi connectivity index (χ4n) is 1.54. The molecule has 3 nitrogen and oxygen atoms in total. The van der Waals surface area contributed by atoms with Crippen LogP contribution >= 0.6 is 0 Å². The minimum absolute atomic E-state index is 0.0372. The fraction of sp³-hybridized carbons (Fsp3) is 0.364. The van der Waals surface area contributed by atoms with Crippen molar-refractivity contribution in [3.8, 4) is 11.8 Å². The molecule has 1 N–H and O–H groups in total. The summed E-state index contributed by atoms with van der Waals surface area (Å²) in [6.07, 6.45) is -0.399. The van der Waals surface area contributed by atoms with Crippen molar-refractivity contribution in [1.29, 1.82) is 5.26 Å². The van der Waals surface area contributed by atoms with E-state index in [-0.39, 0.29) is 6.04 Å². The highest BCUT2D eigenvalue weighted by atomic mass is 16.5. The van der Waals surface area contributed by atoms with Gasteiger partial charge < -0.3 is 10.1 Å². The second-order valence-electron chi connectivity index (χ2n) is 3.60. The van der Waals surface area contributed by atoms with Crippen LogP contribution in [0.1, 0.15) is 12.5 Å². The topological polar surface area (TPSA) is 45.0 Å². The van der Waals surface area contributed by atoms with Gasteiger partial charge in [0.1, 0.15) is 11.8 Å². The summed E-state index contributed by atoms with van der Waals surface area (Å²) in [7, 11) is 0. The standard InChI is InChI=1S/C11H12N2O/c1-7-3-4-9-10(5-7)14-11(6-12)8(2)13-9/h3-5,8,11,13H,1-2H3. The van der Waals surface area contributed by atoms with Crippen LogP contribution < -0.4 is 10.1 Å². The lowest BCUT2D eigenvalue weighted by Gasteiger charge is -2.29. The Hall–Kier alpha value is -1.69. The number of anilines is 1. The molecule has 1 aliphatic rings. The minimum Gasteiger partial charge on any atom is -0.471 e. The number of ether oxygens (including phenoxy) is 1. The summed E-state index contributed by atoms with van der Waals surface area (Å²) in [5, 5.41) is 12.1. The maximum atomic E-state index is 8.84. The maximum absolute atomic E-state index is 8.84. The van der Waals surface area contributed by atoms with Gasteiger partial charge in [-0.15, -0.1) is 0 Å². The zero-order valence-electron chi connectivity index (χ0n) is 8.24. The molecule has 0 amide bonds. The summed E-state index contributed by atoms with van der Waals surface area (Å²) in [6, 6.07) is 8.11. The van der Waals surface area contributed by atoms with E-state index >= 15 is 0 Å². The molecule has 3 heteroatoms. The van der Waals surface area contributed by atoms with Gasteiger partial charge in [0.15, 0.2) is 0 Å². The van der Waals surface area contributed by atoms with E-state index in [4.69, 9.17) is 10.00 Å². The molecule has 0 aliphatic carbocycles. The molecule has 0 radical (unpaired) electrons. The lowest BCUT2D eigenvalue weighted by Crippen LogP contribution is -2.38. The van der Waals surface area contributed by atoms with Gasteiger partial charge in [-0.3, -0.25) is 0 Å². The van der Waals surface area contributed by atoms with Gasteiger partial charge in [0, 0.05) is 0 Å². The number of benzene rings is 1. The van der Waals surface area contributed by atoms with Gasteiger partial charge >= 0.3 is 0 Å². The summed E-state index contributed by atoms with van der Waals surface area (Å²) in [5.41, 5.74) is 2.10. The number of nitrogens with zero attached hydrogens (tertiary/aromatic N) is 1. The van der Waals surface area contributed by atoms with Crippen LogP contribution in [0.5, 0.6) is 5.75 Å². The number of nitrogens with one attached hydrogen (secondary N) is 1. The first kappa shape index (κ1) is 8.89. The van der Waals surface area contributed by atoms with Crippen LogP contribution in [0.25, 0.3) is 0 Å². The highest BCUT2D eigenvalue weighted by molar-refractivity contribution is 5.60. The smallest absolute Gasteiger partial charge is 0.204 e. The second kappa shape index (κ2) is 3.22. The quantitative estimate of drug-likeness (QED) is 0.678. The Morgan fingerprint density at radius 3 is 3.00 bits per heavy atom. The van der Waals surface area contributed by atoms with Crippen molar-refractivity contribution in [2.24, 2.45) is 0 Å². The summed E-state index contributed by atoms with van der Waals surface area (Å²) >= 11 is 0. The molecule has 0 bridgehead atoms. The van der Waals surface area contributed by atoms with Crippen molar-refractivity contribution in [3.05, 3.63) is 23.8 Å². The minimum atomic E-state index is -0.399. The van der Waals surface area contributed by atoms with Gasteiger partial charge in [0.05, 0.1) is 11.7 Å². The Morgan fingerprint density at radius 1 is 1.50 bits per heavy atom. The first-order valence-electron chi connectivity index (χ1n) is 4.64. The van der Waals surface area contributed by atoms with Gasteiger partial charge in [0.25, 0.3) is 0 Å². The first-order chi connectivity index (χ1) is 6.70. The van der Waals surface area contributed by atoms with Gasteiger partial charge in [-0.05, 0) is 31.5 Å². The summed E-state index contributed by atoms with van der Waals surface area (Å²) in [4.78, 5) is 0. The Labute approximate surface area is 83.3 Å². The molecular weight excluding hydrogens is 176 g/mol. The Bertz CT molecular complexity index is 395. The van der Waals surface area contributed by atoms with Gasteiger partial charge in [-0.2, -0.15) is 5.26 Å². The molecule has 2 rings (SSSR count). The average Bonchev–Trinajstić information content (AvgIpc) is 2.17. The molecule has 2 unspecified atom stereocenters. The Balaban J connectivity index is 2.37. The molecular formula is C11H12N2O. The van der Waals surface area contributed by atoms with Gasteiger partial charge in [0.2, 0.25) is 6.10 Å². The van der Waals surface area contributed by atoms with Gasteiger partial charge in [-0.25, -0.2) is 0 Å². The zero-order chi connectivity index (χ0) is 10.1. The summed E-state index contributed by atoms with van der Waals surface area (Å²) < 4.78 is 5.55. The molecule has 1 heterocycles. The van der Waals surface area contributed by atoms with Crippen LogP contribution in [0.2, 0.25) is 0 Å². The van der Waals surface area contributed by atoms with E-state index in [9.17, 15) is 0 Å². The molecule has 1 aromatic carbocycles. The van der Waals surface area contributed by atoms with Crippen molar-refractivity contribution in [2.45, 2.75) is 26.0 Å². The molecule has 0 aromatic heterocycles.